The third-order valence-corrected chi connectivity index (χ3v) is 5.25. The fourth-order valence-corrected chi connectivity index (χ4v) is 3.59. The number of carbonyl (C=O) groups is 1. The van der Waals surface area contributed by atoms with Gasteiger partial charge in [-0.3, -0.25) is 9.69 Å². The Bertz CT molecular complexity index is 1030. The Morgan fingerprint density at radius 1 is 1.23 bits per heavy atom. The molecule has 9 nitrogen and oxygen atoms in total. The molecule has 1 amide bonds. The molecule has 0 radical (unpaired) electrons. The molecule has 0 saturated carbocycles. The molecular weight excluding hydrogens is 396 g/mol. The molecule has 4 rings (SSSR count). The highest BCUT2D eigenvalue weighted by atomic mass is 16.5. The van der Waals surface area contributed by atoms with Crippen LogP contribution in [0, 0.1) is 0 Å². The Balaban J connectivity index is 1.42. The van der Waals surface area contributed by atoms with Gasteiger partial charge in [0.05, 0.1) is 31.7 Å². The number of aromatic nitrogens is 3. The third-order valence-electron chi connectivity index (χ3n) is 5.25. The standard InChI is InChI=1S/C22H26N6O3/c1-30-21-5-2-16(10-18(21)13-27-6-8-31-9-7-27)12-25-22(29)17-3-4-20(19(23)11-17)28-15-24-14-26-28/h2-5,10-11,14-15H,6-9,12-13,23H2,1H3,(H,25,29). The SMILES string of the molecule is COc1ccc(CNC(=O)c2ccc(-n3cncn3)c(N)c2)cc1CN1CCOCC1. The van der Waals surface area contributed by atoms with E-state index in [1.807, 2.05) is 12.1 Å². The molecule has 3 N–H and O–H groups in total. The fraction of sp³-hybridized carbons (Fsp3) is 0.318. The van der Waals surface area contributed by atoms with E-state index in [4.69, 9.17) is 15.2 Å². The van der Waals surface area contributed by atoms with Gasteiger partial charge in [0.1, 0.15) is 18.4 Å². The van der Waals surface area contributed by atoms with Gasteiger partial charge in [-0.15, -0.1) is 0 Å². The van der Waals surface area contributed by atoms with Crippen molar-refractivity contribution in [2.75, 3.05) is 39.1 Å². The molecule has 1 aromatic heterocycles. The van der Waals surface area contributed by atoms with Crippen molar-refractivity contribution in [2.45, 2.75) is 13.1 Å². The van der Waals surface area contributed by atoms with Crippen molar-refractivity contribution in [1.82, 2.24) is 25.0 Å². The summed E-state index contributed by atoms with van der Waals surface area (Å²) < 4.78 is 12.5. The van der Waals surface area contributed by atoms with Crippen LogP contribution in [0.3, 0.4) is 0 Å². The molecule has 2 heterocycles. The van der Waals surface area contributed by atoms with Crippen LogP contribution in [0.4, 0.5) is 5.69 Å². The highest BCUT2D eigenvalue weighted by molar-refractivity contribution is 5.95. The number of methoxy groups -OCH3 is 1. The number of rotatable bonds is 7. The van der Waals surface area contributed by atoms with E-state index in [0.717, 1.165) is 49.7 Å². The van der Waals surface area contributed by atoms with Crippen molar-refractivity contribution in [2.24, 2.45) is 0 Å². The molecule has 1 aliphatic rings. The zero-order valence-electron chi connectivity index (χ0n) is 17.5. The number of nitrogen functional groups attached to an aromatic ring is 1. The second-order valence-electron chi connectivity index (χ2n) is 7.33. The Morgan fingerprint density at radius 2 is 2.06 bits per heavy atom. The van der Waals surface area contributed by atoms with Crippen molar-refractivity contribution < 1.29 is 14.3 Å². The van der Waals surface area contributed by atoms with E-state index < -0.39 is 0 Å². The summed E-state index contributed by atoms with van der Waals surface area (Å²) in [6.07, 6.45) is 2.99. The number of nitrogens with zero attached hydrogens (tertiary/aromatic N) is 4. The van der Waals surface area contributed by atoms with Crippen molar-refractivity contribution in [3.05, 3.63) is 65.7 Å². The number of nitrogens with two attached hydrogens (primary N) is 1. The Hall–Kier alpha value is -3.43. The lowest BCUT2D eigenvalue weighted by molar-refractivity contribution is 0.0338. The number of anilines is 1. The maximum atomic E-state index is 12.6. The van der Waals surface area contributed by atoms with E-state index in [1.54, 1.807) is 36.3 Å². The normalized spacial score (nSPS) is 14.4. The third kappa shape index (κ3) is 5.01. The minimum absolute atomic E-state index is 0.192. The minimum Gasteiger partial charge on any atom is -0.496 e. The van der Waals surface area contributed by atoms with E-state index in [0.29, 0.717) is 23.5 Å². The van der Waals surface area contributed by atoms with Crippen LogP contribution in [0.1, 0.15) is 21.5 Å². The Kier molecular flexibility index (Phi) is 6.44. The first kappa shape index (κ1) is 20.8. The maximum absolute atomic E-state index is 12.6. The maximum Gasteiger partial charge on any atom is 0.251 e. The largest absolute Gasteiger partial charge is 0.496 e. The summed E-state index contributed by atoms with van der Waals surface area (Å²) in [4.78, 5) is 18.9. The minimum atomic E-state index is -0.192. The van der Waals surface area contributed by atoms with Gasteiger partial charge in [-0.1, -0.05) is 6.07 Å². The molecule has 0 aliphatic carbocycles. The number of morpholine rings is 1. The van der Waals surface area contributed by atoms with Crippen LogP contribution in [-0.2, 0) is 17.8 Å². The lowest BCUT2D eigenvalue weighted by Crippen LogP contribution is -2.35. The molecule has 3 aromatic rings. The first-order valence-corrected chi connectivity index (χ1v) is 10.1. The Morgan fingerprint density at radius 3 is 2.77 bits per heavy atom. The monoisotopic (exact) mass is 422 g/mol. The van der Waals surface area contributed by atoms with Gasteiger partial charge in [-0.2, -0.15) is 5.10 Å². The molecule has 0 unspecified atom stereocenters. The van der Waals surface area contributed by atoms with Crippen LogP contribution < -0.4 is 15.8 Å². The predicted molar refractivity (Wildman–Crippen MR) is 116 cm³/mol. The van der Waals surface area contributed by atoms with Gasteiger partial charge in [0.15, 0.2) is 0 Å². The molecule has 162 valence electrons. The van der Waals surface area contributed by atoms with E-state index >= 15 is 0 Å². The van der Waals surface area contributed by atoms with Gasteiger partial charge >= 0.3 is 0 Å². The molecule has 0 atom stereocenters. The summed E-state index contributed by atoms with van der Waals surface area (Å²) in [5, 5.41) is 7.03. The number of ether oxygens (including phenoxy) is 2. The van der Waals surface area contributed by atoms with Gasteiger partial charge in [0.25, 0.3) is 5.91 Å². The number of nitrogens with one attached hydrogen (secondary N) is 1. The molecule has 0 bridgehead atoms. The smallest absolute Gasteiger partial charge is 0.251 e. The van der Waals surface area contributed by atoms with Crippen molar-refractivity contribution in [3.63, 3.8) is 0 Å². The summed E-state index contributed by atoms with van der Waals surface area (Å²) >= 11 is 0. The average Bonchev–Trinajstić information content (AvgIpc) is 3.33. The van der Waals surface area contributed by atoms with Crippen LogP contribution in [0.2, 0.25) is 0 Å². The first-order chi connectivity index (χ1) is 15.1. The lowest BCUT2D eigenvalue weighted by atomic mass is 10.1. The van der Waals surface area contributed by atoms with Crippen LogP contribution >= 0.6 is 0 Å². The highest BCUT2D eigenvalue weighted by Gasteiger charge is 2.15. The van der Waals surface area contributed by atoms with E-state index in [2.05, 4.69) is 26.4 Å². The lowest BCUT2D eigenvalue weighted by Gasteiger charge is -2.27. The van der Waals surface area contributed by atoms with Crippen LogP contribution in [-0.4, -0.2) is 59.0 Å². The number of hydrogen-bond donors (Lipinski definition) is 2. The molecule has 1 aliphatic heterocycles. The summed E-state index contributed by atoms with van der Waals surface area (Å²) in [7, 11) is 1.67. The van der Waals surface area contributed by atoms with Crippen molar-refractivity contribution in [1.29, 1.82) is 0 Å². The van der Waals surface area contributed by atoms with Gasteiger partial charge in [0, 0.05) is 37.3 Å². The van der Waals surface area contributed by atoms with Crippen molar-refractivity contribution >= 4 is 11.6 Å². The first-order valence-electron chi connectivity index (χ1n) is 10.1. The topological polar surface area (TPSA) is 108 Å². The highest BCUT2D eigenvalue weighted by Crippen LogP contribution is 2.22. The van der Waals surface area contributed by atoms with Gasteiger partial charge in [-0.25, -0.2) is 9.67 Å². The summed E-state index contributed by atoms with van der Waals surface area (Å²) in [6, 6.07) is 11.1. The fourth-order valence-electron chi connectivity index (χ4n) is 3.59. The summed E-state index contributed by atoms with van der Waals surface area (Å²) in [5.74, 6) is 0.653. The zero-order chi connectivity index (χ0) is 21.6. The van der Waals surface area contributed by atoms with Crippen LogP contribution in [0.25, 0.3) is 5.69 Å². The second-order valence-corrected chi connectivity index (χ2v) is 7.33. The number of hydrogen-bond acceptors (Lipinski definition) is 7. The molecular formula is C22H26N6O3. The molecule has 31 heavy (non-hydrogen) atoms. The summed E-state index contributed by atoms with van der Waals surface area (Å²) in [5.41, 5.74) is 9.82. The van der Waals surface area contributed by atoms with Crippen LogP contribution in [0.5, 0.6) is 5.75 Å². The number of benzene rings is 2. The van der Waals surface area contributed by atoms with Gasteiger partial charge in [-0.05, 0) is 35.9 Å². The number of carbonyl (C=O) groups excluding carboxylic acids is 1. The average molecular weight is 422 g/mol. The quantitative estimate of drug-likeness (QED) is 0.557. The van der Waals surface area contributed by atoms with Gasteiger partial charge < -0.3 is 20.5 Å². The van der Waals surface area contributed by atoms with Crippen molar-refractivity contribution in [3.8, 4) is 11.4 Å². The second kappa shape index (κ2) is 9.59. The molecule has 1 saturated heterocycles. The molecule has 0 spiro atoms. The van der Waals surface area contributed by atoms with E-state index in [9.17, 15) is 4.79 Å². The number of amides is 1. The predicted octanol–water partition coefficient (Wildman–Crippen LogP) is 1.62. The van der Waals surface area contributed by atoms with Gasteiger partial charge in [0.2, 0.25) is 0 Å². The zero-order valence-corrected chi connectivity index (χ0v) is 17.5. The van der Waals surface area contributed by atoms with E-state index in [-0.39, 0.29) is 5.91 Å². The molecule has 2 aromatic carbocycles. The van der Waals surface area contributed by atoms with E-state index in [1.165, 1.54) is 6.33 Å². The van der Waals surface area contributed by atoms with Crippen LogP contribution in [0.15, 0.2) is 49.1 Å². The summed E-state index contributed by atoms with van der Waals surface area (Å²) in [6.45, 7) is 4.48. The molecule has 9 heteroatoms. The molecule has 1 fully saturated rings. The Labute approximate surface area is 180 Å².